The number of fused-ring (bicyclic) bond motifs is 2. The van der Waals surface area contributed by atoms with E-state index in [1.54, 1.807) is 60.7 Å². The number of aryl methyl sites for hydroxylation is 2. The van der Waals surface area contributed by atoms with Crippen LogP contribution in [0, 0.1) is 25.5 Å². The van der Waals surface area contributed by atoms with Crippen LogP contribution in [0.25, 0.3) is 33.4 Å². The second-order valence-corrected chi connectivity index (χ2v) is 14.6. The molecule has 5 aromatic carbocycles. The molecule has 7 rings (SSSR count). The predicted molar refractivity (Wildman–Crippen MR) is 227 cm³/mol. The van der Waals surface area contributed by atoms with Crippen LogP contribution >= 0.6 is 0 Å². The van der Waals surface area contributed by atoms with Gasteiger partial charge in [-0.15, -0.1) is 0 Å². The van der Waals surface area contributed by atoms with E-state index in [9.17, 15) is 33.1 Å². The number of phenols is 1. The van der Waals surface area contributed by atoms with Crippen LogP contribution in [0.5, 0.6) is 11.5 Å². The van der Waals surface area contributed by atoms with Crippen LogP contribution in [0.2, 0.25) is 0 Å². The molecule has 0 radical (unpaired) electrons. The number of benzene rings is 6. The monoisotopic (exact) mass is 824 g/mol. The van der Waals surface area contributed by atoms with Crippen LogP contribution in [0.1, 0.15) is 55.0 Å². The minimum absolute atomic E-state index is 0.0813. The number of ketones is 1. The van der Waals surface area contributed by atoms with Crippen molar-refractivity contribution < 1.29 is 42.2 Å². The molecule has 310 valence electrons. The molecular weight excluding hydrogens is 783 g/mol. The Kier molecular flexibility index (Phi) is 12.9. The summed E-state index contributed by atoms with van der Waals surface area (Å²) in [6.07, 6.45) is 0.743. The highest BCUT2D eigenvalue weighted by Gasteiger charge is 2.22. The largest absolute Gasteiger partial charge is 0.505 e. The third kappa shape index (κ3) is 10.00. The number of aromatic hydroxyl groups is 1. The Labute approximate surface area is 350 Å². The molecule has 61 heavy (non-hydrogen) atoms. The van der Waals surface area contributed by atoms with Crippen molar-refractivity contribution in [1.29, 1.82) is 0 Å². The highest BCUT2D eigenvalue weighted by atomic mass is 19.1. The third-order valence-electron chi connectivity index (χ3n) is 10.2. The van der Waals surface area contributed by atoms with E-state index in [1.165, 1.54) is 0 Å². The number of phenolic OH excluding ortho intramolecular Hbond substituents is 1. The van der Waals surface area contributed by atoms with Gasteiger partial charge in [0, 0.05) is 58.4 Å². The fraction of sp³-hybridized carbons (Fsp3) is 0.184. The van der Waals surface area contributed by atoms with E-state index in [-0.39, 0.29) is 59.5 Å². The van der Waals surface area contributed by atoms with Gasteiger partial charge in [-0.25, -0.2) is 8.78 Å². The molecule has 1 aliphatic heterocycles. The zero-order chi connectivity index (χ0) is 43.0. The van der Waals surface area contributed by atoms with E-state index in [0.29, 0.717) is 59.7 Å². The summed E-state index contributed by atoms with van der Waals surface area (Å²) in [7, 11) is 0. The average Bonchev–Trinajstić information content (AvgIpc) is 3.25. The number of hydrogen-bond acceptors (Lipinski definition) is 8. The Bertz CT molecular complexity index is 2770. The molecule has 10 nitrogen and oxygen atoms in total. The number of carbonyl (C=O) groups is 3. The van der Waals surface area contributed by atoms with Gasteiger partial charge in [0.2, 0.25) is 11.3 Å². The van der Waals surface area contributed by atoms with Gasteiger partial charge in [-0.2, -0.15) is 0 Å². The Hall–Kier alpha value is -7.18. The Balaban J connectivity index is 0.855. The van der Waals surface area contributed by atoms with Gasteiger partial charge in [0.05, 0.1) is 19.6 Å². The fourth-order valence-electron chi connectivity index (χ4n) is 6.94. The Morgan fingerprint density at radius 1 is 0.738 bits per heavy atom. The van der Waals surface area contributed by atoms with Crippen LogP contribution in [-0.2, 0) is 22.6 Å². The van der Waals surface area contributed by atoms with Crippen molar-refractivity contribution in [2.45, 2.75) is 33.3 Å². The first-order valence-electron chi connectivity index (χ1n) is 19.7. The molecule has 0 atom stereocenters. The van der Waals surface area contributed by atoms with Crippen molar-refractivity contribution in [1.82, 2.24) is 10.6 Å². The summed E-state index contributed by atoms with van der Waals surface area (Å²) in [6, 6.07) is 30.9. The quantitative estimate of drug-likeness (QED) is 0.0501. The average molecular weight is 825 g/mol. The van der Waals surface area contributed by atoms with Gasteiger partial charge in [-0.3, -0.25) is 19.2 Å². The molecule has 0 spiro atoms. The van der Waals surface area contributed by atoms with Gasteiger partial charge < -0.3 is 29.6 Å². The zero-order valence-electron chi connectivity index (χ0n) is 33.5. The number of rotatable bonds is 16. The smallest absolute Gasteiger partial charge is 0.251 e. The maximum Gasteiger partial charge on any atom is 0.251 e. The van der Waals surface area contributed by atoms with Crippen LogP contribution in [0.3, 0.4) is 0 Å². The molecule has 5 aromatic rings. The van der Waals surface area contributed by atoms with Crippen molar-refractivity contribution in [2.75, 3.05) is 26.3 Å². The first kappa shape index (κ1) is 42.0. The van der Waals surface area contributed by atoms with Crippen molar-refractivity contribution in [3.05, 3.63) is 176 Å². The van der Waals surface area contributed by atoms with E-state index in [4.69, 9.17) is 13.9 Å². The lowest BCUT2D eigenvalue weighted by Crippen LogP contribution is -2.30. The highest BCUT2D eigenvalue weighted by molar-refractivity contribution is 6.09. The van der Waals surface area contributed by atoms with Gasteiger partial charge in [-0.05, 0) is 78.4 Å². The first-order chi connectivity index (χ1) is 29.4. The second-order valence-electron chi connectivity index (χ2n) is 14.6. The fourth-order valence-corrected chi connectivity index (χ4v) is 6.94. The van der Waals surface area contributed by atoms with Gasteiger partial charge in [-0.1, -0.05) is 72.8 Å². The number of ether oxygens (including phenoxy) is 2. The molecule has 0 fully saturated rings. The molecule has 12 heteroatoms. The van der Waals surface area contributed by atoms with E-state index in [1.807, 2.05) is 44.2 Å². The lowest BCUT2D eigenvalue weighted by Gasteiger charge is -2.17. The first-order valence-corrected chi connectivity index (χ1v) is 19.7. The second kappa shape index (κ2) is 18.8. The van der Waals surface area contributed by atoms with Gasteiger partial charge in [0.25, 0.3) is 5.91 Å². The number of amides is 2. The van der Waals surface area contributed by atoms with Gasteiger partial charge in [0.1, 0.15) is 23.7 Å². The van der Waals surface area contributed by atoms with Crippen molar-refractivity contribution in [2.24, 2.45) is 0 Å². The summed E-state index contributed by atoms with van der Waals surface area (Å²) in [5, 5.41) is 16.0. The molecule has 1 aliphatic carbocycles. The highest BCUT2D eigenvalue weighted by Crippen LogP contribution is 2.42. The molecule has 2 aliphatic rings. The van der Waals surface area contributed by atoms with E-state index in [2.05, 4.69) is 10.6 Å². The molecule has 0 aromatic heterocycles. The van der Waals surface area contributed by atoms with Crippen molar-refractivity contribution in [3.8, 4) is 33.9 Å². The number of carbonyl (C=O) groups excluding carboxylic acids is 3. The lowest BCUT2D eigenvalue weighted by molar-refractivity contribution is -0.120. The standard InChI is InChI=1S/C49H42F2N2O8/c1-29-9-11-35(47-37-24-39(50)41(54)26-44(37)61-45-27-42(55)40(51)25-38(45)47)23-43(29)60-20-19-59-28-36-12-10-31(21-30(36)2)22-46(56)52-17-6-18-53-49(58)34-15-13-33(14-16-34)48(57)32-7-4-3-5-8-32/h3-5,7-16,21,23-27,54H,6,17-20,22,28H2,1-2H3,(H,52,56)(H,53,58). The van der Waals surface area contributed by atoms with Gasteiger partial charge in [0.15, 0.2) is 23.2 Å². The van der Waals surface area contributed by atoms with Crippen molar-refractivity contribution in [3.63, 3.8) is 0 Å². The SMILES string of the molecule is Cc1cc(CC(=O)NCCCNC(=O)c2ccc(C(=O)c3ccccc3)cc2)ccc1COCCOc1cc(-c2c3cc(F)c(=O)cc-3oc3cc(O)c(F)cc23)ccc1C. The van der Waals surface area contributed by atoms with Crippen LogP contribution < -0.4 is 20.8 Å². The Morgan fingerprint density at radius 3 is 2.25 bits per heavy atom. The summed E-state index contributed by atoms with van der Waals surface area (Å²) >= 11 is 0. The number of nitrogens with one attached hydrogen (secondary N) is 2. The predicted octanol–water partition coefficient (Wildman–Crippen LogP) is 8.47. The summed E-state index contributed by atoms with van der Waals surface area (Å²) in [5.74, 6) is -2.39. The maximum atomic E-state index is 14.6. The Morgan fingerprint density at radius 2 is 1.48 bits per heavy atom. The molecule has 0 saturated carbocycles. The molecule has 0 unspecified atom stereocenters. The topological polar surface area (TPSA) is 144 Å². The summed E-state index contributed by atoms with van der Waals surface area (Å²) in [5.41, 5.74) is 5.59. The lowest BCUT2D eigenvalue weighted by atomic mass is 9.92. The van der Waals surface area contributed by atoms with Crippen LogP contribution in [0.15, 0.2) is 124 Å². The van der Waals surface area contributed by atoms with Crippen LogP contribution in [0.4, 0.5) is 8.78 Å². The molecule has 2 amide bonds. The number of halogens is 2. The minimum Gasteiger partial charge on any atom is -0.505 e. The summed E-state index contributed by atoms with van der Waals surface area (Å²) in [6.45, 7) is 5.36. The molecule has 0 bridgehead atoms. The molecular formula is C49H42F2N2O8. The van der Waals surface area contributed by atoms with E-state index >= 15 is 0 Å². The van der Waals surface area contributed by atoms with Crippen LogP contribution in [-0.4, -0.2) is 49.0 Å². The minimum atomic E-state index is -0.981. The normalized spacial score (nSPS) is 11.1. The zero-order valence-corrected chi connectivity index (χ0v) is 33.5. The number of hydrogen-bond donors (Lipinski definition) is 3. The maximum absolute atomic E-state index is 14.6. The van der Waals surface area contributed by atoms with E-state index < -0.39 is 22.8 Å². The van der Waals surface area contributed by atoms with Gasteiger partial charge >= 0.3 is 0 Å². The van der Waals surface area contributed by atoms with Crippen molar-refractivity contribution >= 4 is 28.6 Å². The third-order valence-corrected chi connectivity index (χ3v) is 10.2. The molecule has 3 N–H and O–H groups in total. The van der Waals surface area contributed by atoms with E-state index in [0.717, 1.165) is 46.5 Å². The molecule has 1 heterocycles. The molecule has 0 saturated heterocycles. The summed E-state index contributed by atoms with van der Waals surface area (Å²) < 4.78 is 46.9. The summed E-state index contributed by atoms with van der Waals surface area (Å²) in [4.78, 5) is 50.0.